The van der Waals surface area contributed by atoms with Gasteiger partial charge < -0.3 is 4.74 Å². The molecule has 4 nitrogen and oxygen atoms in total. The highest BCUT2D eigenvalue weighted by Crippen LogP contribution is 2.23. The summed E-state index contributed by atoms with van der Waals surface area (Å²) in [5, 5.41) is 1.35. The van der Waals surface area contributed by atoms with E-state index in [0.717, 1.165) is 25.7 Å². The highest BCUT2D eigenvalue weighted by atomic mass is 16.7. The fourth-order valence-corrected chi connectivity index (χ4v) is 1.43. The molecule has 0 unspecified atom stereocenters. The summed E-state index contributed by atoms with van der Waals surface area (Å²) in [6, 6.07) is 0. The molecular weight excluding hydrogens is 170 g/mol. The molecule has 1 saturated heterocycles. The lowest BCUT2D eigenvalue weighted by atomic mass is 9.96. The van der Waals surface area contributed by atoms with Crippen LogP contribution in [0.3, 0.4) is 0 Å². The van der Waals surface area contributed by atoms with E-state index >= 15 is 0 Å². The van der Waals surface area contributed by atoms with Gasteiger partial charge in [0.15, 0.2) is 0 Å². The Morgan fingerprint density at radius 1 is 1.31 bits per heavy atom. The van der Waals surface area contributed by atoms with Crippen molar-refractivity contribution in [1.29, 1.82) is 0 Å². The van der Waals surface area contributed by atoms with Gasteiger partial charge in [-0.15, -0.1) is 0 Å². The SMILES string of the molecule is O=C(OC1CCC1)N1CCCCO1. The van der Waals surface area contributed by atoms with E-state index in [1.807, 2.05) is 0 Å². The van der Waals surface area contributed by atoms with E-state index in [1.165, 1.54) is 11.5 Å². The average Bonchev–Trinajstić information content (AvgIpc) is 2.12. The summed E-state index contributed by atoms with van der Waals surface area (Å²) in [7, 11) is 0. The number of hydroxylamine groups is 2. The van der Waals surface area contributed by atoms with Crippen LogP contribution in [0.25, 0.3) is 0 Å². The minimum atomic E-state index is -0.301. The second kappa shape index (κ2) is 3.96. The Hall–Kier alpha value is -0.770. The van der Waals surface area contributed by atoms with E-state index in [4.69, 9.17) is 9.57 Å². The van der Waals surface area contributed by atoms with E-state index in [2.05, 4.69) is 0 Å². The lowest BCUT2D eigenvalue weighted by Gasteiger charge is -2.30. The first kappa shape index (κ1) is 8.81. The van der Waals surface area contributed by atoms with Crippen LogP contribution in [0, 0.1) is 0 Å². The summed E-state index contributed by atoms with van der Waals surface area (Å²) in [6.45, 7) is 1.31. The Morgan fingerprint density at radius 3 is 2.69 bits per heavy atom. The molecule has 1 heterocycles. The van der Waals surface area contributed by atoms with Gasteiger partial charge in [-0.05, 0) is 32.1 Å². The van der Waals surface area contributed by atoms with Crippen molar-refractivity contribution in [3.63, 3.8) is 0 Å². The first-order valence-electron chi connectivity index (χ1n) is 4.97. The molecule has 0 aromatic carbocycles. The van der Waals surface area contributed by atoms with Crippen molar-refractivity contribution in [3.8, 4) is 0 Å². The van der Waals surface area contributed by atoms with Crippen molar-refractivity contribution >= 4 is 6.09 Å². The van der Waals surface area contributed by atoms with Crippen LogP contribution in [-0.4, -0.2) is 30.4 Å². The summed E-state index contributed by atoms with van der Waals surface area (Å²) in [6.07, 6.45) is 5.10. The van der Waals surface area contributed by atoms with E-state index in [-0.39, 0.29) is 12.2 Å². The van der Waals surface area contributed by atoms with Crippen LogP contribution in [0.1, 0.15) is 32.1 Å². The molecule has 0 bridgehead atoms. The third-order valence-electron chi connectivity index (χ3n) is 2.53. The molecule has 1 saturated carbocycles. The first-order valence-corrected chi connectivity index (χ1v) is 4.97. The number of carbonyl (C=O) groups is 1. The number of amides is 1. The van der Waals surface area contributed by atoms with Crippen LogP contribution >= 0.6 is 0 Å². The van der Waals surface area contributed by atoms with Crippen LogP contribution < -0.4 is 0 Å². The van der Waals surface area contributed by atoms with E-state index in [0.29, 0.717) is 13.2 Å². The molecule has 0 radical (unpaired) electrons. The second-order valence-electron chi connectivity index (χ2n) is 3.58. The zero-order valence-electron chi connectivity index (χ0n) is 7.70. The maximum absolute atomic E-state index is 11.4. The second-order valence-corrected chi connectivity index (χ2v) is 3.58. The summed E-state index contributed by atoms with van der Waals surface area (Å²) < 4.78 is 5.19. The Bertz CT molecular complexity index is 185. The fraction of sp³-hybridized carbons (Fsp3) is 0.889. The molecule has 2 aliphatic rings. The Morgan fingerprint density at radius 2 is 2.15 bits per heavy atom. The maximum atomic E-state index is 11.4. The van der Waals surface area contributed by atoms with Crippen molar-refractivity contribution < 1.29 is 14.4 Å². The van der Waals surface area contributed by atoms with Gasteiger partial charge in [-0.1, -0.05) is 0 Å². The van der Waals surface area contributed by atoms with Gasteiger partial charge in [-0.2, -0.15) is 5.06 Å². The summed E-state index contributed by atoms with van der Waals surface area (Å²) in [4.78, 5) is 16.5. The summed E-state index contributed by atoms with van der Waals surface area (Å²) in [5.74, 6) is 0. The summed E-state index contributed by atoms with van der Waals surface area (Å²) in [5.41, 5.74) is 0. The van der Waals surface area contributed by atoms with Crippen molar-refractivity contribution in [1.82, 2.24) is 5.06 Å². The van der Waals surface area contributed by atoms with Gasteiger partial charge in [-0.25, -0.2) is 4.79 Å². The molecule has 0 N–H and O–H groups in total. The van der Waals surface area contributed by atoms with Gasteiger partial charge in [0.2, 0.25) is 0 Å². The van der Waals surface area contributed by atoms with E-state index < -0.39 is 0 Å². The van der Waals surface area contributed by atoms with Crippen molar-refractivity contribution in [2.75, 3.05) is 13.2 Å². The number of hydrogen-bond acceptors (Lipinski definition) is 3. The molecule has 1 amide bonds. The standard InChI is InChI=1S/C9H15NO3/c11-9(13-8-4-3-5-8)10-6-1-2-7-12-10/h8H,1-7H2. The molecule has 0 aromatic heterocycles. The normalized spacial score (nSPS) is 23.8. The highest BCUT2D eigenvalue weighted by Gasteiger charge is 2.26. The first-order chi connectivity index (χ1) is 6.36. The van der Waals surface area contributed by atoms with Crippen LogP contribution in [0.5, 0.6) is 0 Å². The van der Waals surface area contributed by atoms with Crippen LogP contribution in [-0.2, 0) is 9.57 Å². The van der Waals surface area contributed by atoms with Gasteiger partial charge in [0, 0.05) is 0 Å². The number of ether oxygens (including phenoxy) is 1. The quantitative estimate of drug-likeness (QED) is 0.624. The predicted molar refractivity (Wildman–Crippen MR) is 46.0 cm³/mol. The fourth-order valence-electron chi connectivity index (χ4n) is 1.43. The molecule has 2 fully saturated rings. The summed E-state index contributed by atoms with van der Waals surface area (Å²) >= 11 is 0. The highest BCUT2D eigenvalue weighted by molar-refractivity contribution is 5.66. The molecule has 4 heteroatoms. The molecule has 0 atom stereocenters. The number of nitrogens with zero attached hydrogens (tertiary/aromatic N) is 1. The Kier molecular flexibility index (Phi) is 2.68. The minimum Gasteiger partial charge on any atom is -0.445 e. The lowest BCUT2D eigenvalue weighted by Crippen LogP contribution is -2.39. The zero-order chi connectivity index (χ0) is 9.10. The molecule has 74 valence electrons. The molecule has 0 aromatic rings. The Labute approximate surface area is 77.7 Å². The maximum Gasteiger partial charge on any atom is 0.434 e. The minimum absolute atomic E-state index is 0.151. The van der Waals surface area contributed by atoms with Crippen molar-refractivity contribution in [3.05, 3.63) is 0 Å². The van der Waals surface area contributed by atoms with Gasteiger partial charge in [-0.3, -0.25) is 4.84 Å². The molecule has 1 aliphatic carbocycles. The van der Waals surface area contributed by atoms with Crippen LogP contribution in [0.4, 0.5) is 4.79 Å². The van der Waals surface area contributed by atoms with Gasteiger partial charge in [0.25, 0.3) is 0 Å². The molecule has 2 rings (SSSR count). The van der Waals surface area contributed by atoms with E-state index in [1.54, 1.807) is 0 Å². The zero-order valence-corrected chi connectivity index (χ0v) is 7.70. The van der Waals surface area contributed by atoms with Crippen molar-refractivity contribution in [2.45, 2.75) is 38.2 Å². The number of carbonyl (C=O) groups excluding carboxylic acids is 1. The molecule has 0 spiro atoms. The smallest absolute Gasteiger partial charge is 0.434 e. The Balaban J connectivity index is 1.74. The van der Waals surface area contributed by atoms with Gasteiger partial charge >= 0.3 is 6.09 Å². The van der Waals surface area contributed by atoms with Crippen LogP contribution in [0.15, 0.2) is 0 Å². The van der Waals surface area contributed by atoms with Gasteiger partial charge in [0.1, 0.15) is 6.10 Å². The largest absolute Gasteiger partial charge is 0.445 e. The predicted octanol–water partition coefficient (Wildman–Crippen LogP) is 1.70. The van der Waals surface area contributed by atoms with Crippen LogP contribution in [0.2, 0.25) is 0 Å². The third kappa shape index (κ3) is 2.12. The molecular formula is C9H15NO3. The van der Waals surface area contributed by atoms with E-state index in [9.17, 15) is 4.79 Å². The average molecular weight is 185 g/mol. The molecule has 13 heavy (non-hydrogen) atoms. The van der Waals surface area contributed by atoms with Crippen molar-refractivity contribution in [2.24, 2.45) is 0 Å². The lowest BCUT2D eigenvalue weighted by molar-refractivity contribution is -0.163. The third-order valence-corrected chi connectivity index (χ3v) is 2.53. The molecule has 1 aliphatic heterocycles. The number of rotatable bonds is 1. The van der Waals surface area contributed by atoms with Gasteiger partial charge in [0.05, 0.1) is 13.2 Å². The number of hydrogen-bond donors (Lipinski definition) is 0. The monoisotopic (exact) mass is 185 g/mol. The topological polar surface area (TPSA) is 38.8 Å².